The van der Waals surface area contributed by atoms with E-state index >= 15 is 0 Å². The molecule has 0 radical (unpaired) electrons. The van der Waals surface area contributed by atoms with Crippen molar-refractivity contribution in [1.82, 2.24) is 15.5 Å². The Kier molecular flexibility index (Phi) is 7.35. The van der Waals surface area contributed by atoms with Crippen molar-refractivity contribution < 1.29 is 22.4 Å². The lowest BCUT2D eigenvalue weighted by atomic mass is 10.1. The monoisotopic (exact) mass is 406 g/mol. The van der Waals surface area contributed by atoms with Crippen LogP contribution in [0.2, 0.25) is 0 Å². The number of nitrogens with zero attached hydrogens (tertiary/aromatic N) is 2. The average Bonchev–Trinajstić information content (AvgIpc) is 3.18. The number of aromatic nitrogens is 2. The second-order valence-electron chi connectivity index (χ2n) is 5.94. The molecule has 0 aliphatic rings. The van der Waals surface area contributed by atoms with Gasteiger partial charge in [0, 0.05) is 12.7 Å². The van der Waals surface area contributed by atoms with Gasteiger partial charge in [0.25, 0.3) is 0 Å². The molecular formula is C20H21F3N4O2. The van der Waals surface area contributed by atoms with Crippen LogP contribution in [-0.4, -0.2) is 23.2 Å². The van der Waals surface area contributed by atoms with Crippen LogP contribution >= 0.6 is 0 Å². The van der Waals surface area contributed by atoms with Crippen molar-refractivity contribution in [3.05, 3.63) is 60.0 Å². The number of amides is 1. The first-order valence-corrected chi connectivity index (χ1v) is 8.89. The molecule has 0 fully saturated rings. The Hall–Kier alpha value is -3.36. The molecule has 0 unspecified atom stereocenters. The molecule has 0 atom stereocenters. The predicted molar refractivity (Wildman–Crippen MR) is 104 cm³/mol. The van der Waals surface area contributed by atoms with Crippen molar-refractivity contribution in [3.8, 4) is 11.5 Å². The summed E-state index contributed by atoms with van der Waals surface area (Å²) < 4.78 is 43.3. The topological polar surface area (TPSA) is 80.0 Å². The van der Waals surface area contributed by atoms with E-state index < -0.39 is 17.6 Å². The highest BCUT2D eigenvalue weighted by atomic mass is 19.4. The maximum atomic E-state index is 12.6. The molecule has 3 rings (SSSR count). The summed E-state index contributed by atoms with van der Waals surface area (Å²) in [6.07, 6.45) is -3.14. The molecule has 0 bridgehead atoms. The minimum atomic E-state index is -4.39. The van der Waals surface area contributed by atoms with Crippen LogP contribution in [0.5, 0.6) is 0 Å². The standard InChI is InChI=1S/C17H13F3N4O2.C3H8/c1-21-14(25)16-24-23-15(26-16)12-4-2-3-5-13(12)22-11-8-6-10(7-9-11)17(18,19)20;1-3-2/h2-9,22H,1H3,(H,21,25);3H2,1-2H3. The SMILES string of the molecule is CCC.CNC(=O)c1nnc(-c2ccccc2Nc2ccc(C(F)(F)F)cc2)o1. The lowest BCUT2D eigenvalue weighted by molar-refractivity contribution is -0.137. The van der Waals surface area contributed by atoms with Gasteiger partial charge in [0.1, 0.15) is 0 Å². The molecule has 9 heteroatoms. The maximum absolute atomic E-state index is 12.6. The van der Waals surface area contributed by atoms with E-state index in [2.05, 4.69) is 34.7 Å². The first kappa shape index (κ1) is 21.9. The number of alkyl halides is 3. The van der Waals surface area contributed by atoms with Gasteiger partial charge in [-0.15, -0.1) is 10.2 Å². The third-order valence-corrected chi connectivity index (χ3v) is 3.50. The Balaban J connectivity index is 0.000000941. The number of anilines is 2. The summed E-state index contributed by atoms with van der Waals surface area (Å²) in [5.41, 5.74) is 0.773. The third-order valence-electron chi connectivity index (χ3n) is 3.50. The summed E-state index contributed by atoms with van der Waals surface area (Å²) in [5.74, 6) is -0.595. The Morgan fingerprint density at radius 1 is 1.03 bits per heavy atom. The van der Waals surface area contributed by atoms with E-state index in [1.165, 1.54) is 25.6 Å². The molecule has 1 amide bonds. The highest BCUT2D eigenvalue weighted by Crippen LogP contribution is 2.32. The molecule has 29 heavy (non-hydrogen) atoms. The fourth-order valence-corrected chi connectivity index (χ4v) is 2.21. The zero-order chi connectivity index (χ0) is 21.4. The largest absolute Gasteiger partial charge is 0.416 e. The van der Waals surface area contributed by atoms with E-state index in [9.17, 15) is 18.0 Å². The number of carbonyl (C=O) groups excluding carboxylic acids is 1. The molecule has 1 heterocycles. The molecule has 154 valence electrons. The smallest absolute Gasteiger partial charge is 0.412 e. The number of hydrogen-bond donors (Lipinski definition) is 2. The lowest BCUT2D eigenvalue weighted by Crippen LogP contribution is -2.17. The predicted octanol–water partition coefficient (Wildman–Crippen LogP) is 5.27. The molecule has 6 nitrogen and oxygen atoms in total. The first-order valence-electron chi connectivity index (χ1n) is 8.89. The minimum absolute atomic E-state index is 0.110. The molecular weight excluding hydrogens is 385 g/mol. The van der Waals surface area contributed by atoms with Gasteiger partial charge < -0.3 is 15.1 Å². The number of carbonyl (C=O) groups is 1. The van der Waals surface area contributed by atoms with Gasteiger partial charge in [-0.25, -0.2) is 0 Å². The number of rotatable bonds is 4. The summed E-state index contributed by atoms with van der Waals surface area (Å²) in [5, 5.41) is 12.9. The van der Waals surface area contributed by atoms with Gasteiger partial charge in [0.05, 0.1) is 16.8 Å². The second-order valence-corrected chi connectivity index (χ2v) is 5.94. The maximum Gasteiger partial charge on any atom is 0.416 e. The van der Waals surface area contributed by atoms with E-state index in [1.54, 1.807) is 24.3 Å². The zero-order valence-electron chi connectivity index (χ0n) is 16.2. The van der Waals surface area contributed by atoms with E-state index in [0.29, 0.717) is 16.9 Å². The lowest BCUT2D eigenvalue weighted by Gasteiger charge is -2.11. The number of para-hydroxylation sites is 1. The van der Waals surface area contributed by atoms with Gasteiger partial charge in [-0.3, -0.25) is 4.79 Å². The van der Waals surface area contributed by atoms with Crippen molar-refractivity contribution in [2.24, 2.45) is 0 Å². The van der Waals surface area contributed by atoms with Crippen LogP contribution in [0.3, 0.4) is 0 Å². The van der Waals surface area contributed by atoms with Gasteiger partial charge in [-0.2, -0.15) is 13.2 Å². The van der Waals surface area contributed by atoms with Gasteiger partial charge in [-0.05, 0) is 36.4 Å². The molecule has 0 saturated heterocycles. The Labute approximate surface area is 166 Å². The molecule has 1 aromatic heterocycles. The van der Waals surface area contributed by atoms with Gasteiger partial charge in [0.15, 0.2) is 0 Å². The van der Waals surface area contributed by atoms with Crippen LogP contribution < -0.4 is 10.6 Å². The highest BCUT2D eigenvalue weighted by molar-refractivity contribution is 5.89. The highest BCUT2D eigenvalue weighted by Gasteiger charge is 2.30. The molecule has 0 spiro atoms. The Bertz CT molecular complexity index is 937. The van der Waals surface area contributed by atoms with Crippen molar-refractivity contribution >= 4 is 17.3 Å². The van der Waals surface area contributed by atoms with Crippen LogP contribution in [0.15, 0.2) is 52.9 Å². The van der Waals surface area contributed by atoms with Crippen LogP contribution in [0.4, 0.5) is 24.5 Å². The third kappa shape index (κ3) is 5.81. The Morgan fingerprint density at radius 3 is 2.24 bits per heavy atom. The van der Waals surface area contributed by atoms with Gasteiger partial charge >= 0.3 is 18.0 Å². The van der Waals surface area contributed by atoms with Crippen LogP contribution in [0, 0.1) is 0 Å². The molecule has 0 aliphatic heterocycles. The fourth-order valence-electron chi connectivity index (χ4n) is 2.21. The quantitative estimate of drug-likeness (QED) is 0.617. The van der Waals surface area contributed by atoms with Crippen LogP contribution in [0.25, 0.3) is 11.5 Å². The average molecular weight is 406 g/mol. The minimum Gasteiger partial charge on any atom is -0.412 e. The number of halogens is 3. The number of benzene rings is 2. The molecule has 2 N–H and O–H groups in total. The van der Waals surface area contributed by atoms with Crippen molar-refractivity contribution in [1.29, 1.82) is 0 Å². The fraction of sp³-hybridized carbons (Fsp3) is 0.250. The van der Waals surface area contributed by atoms with E-state index in [4.69, 9.17) is 4.42 Å². The van der Waals surface area contributed by atoms with Crippen LogP contribution in [0.1, 0.15) is 36.5 Å². The summed E-state index contributed by atoms with van der Waals surface area (Å²) >= 11 is 0. The second kappa shape index (κ2) is 9.72. The summed E-state index contributed by atoms with van der Waals surface area (Å²) in [7, 11) is 1.44. The number of hydrogen-bond acceptors (Lipinski definition) is 5. The molecule has 3 aromatic rings. The van der Waals surface area contributed by atoms with Gasteiger partial charge in [-0.1, -0.05) is 32.4 Å². The first-order chi connectivity index (χ1) is 13.8. The normalized spacial score (nSPS) is 10.7. The van der Waals surface area contributed by atoms with E-state index in [1.807, 2.05) is 0 Å². The Morgan fingerprint density at radius 2 is 1.66 bits per heavy atom. The zero-order valence-corrected chi connectivity index (χ0v) is 16.2. The van der Waals surface area contributed by atoms with Crippen molar-refractivity contribution in [3.63, 3.8) is 0 Å². The molecule has 0 saturated carbocycles. The molecule has 0 aliphatic carbocycles. The number of nitrogens with one attached hydrogen (secondary N) is 2. The van der Waals surface area contributed by atoms with E-state index in [-0.39, 0.29) is 11.8 Å². The summed E-state index contributed by atoms with van der Waals surface area (Å²) in [6.45, 7) is 4.25. The summed E-state index contributed by atoms with van der Waals surface area (Å²) in [4.78, 5) is 11.5. The van der Waals surface area contributed by atoms with E-state index in [0.717, 1.165) is 12.1 Å². The van der Waals surface area contributed by atoms with Crippen molar-refractivity contribution in [2.45, 2.75) is 26.4 Å². The van der Waals surface area contributed by atoms with Gasteiger partial charge in [0.2, 0.25) is 5.89 Å². The molecule has 2 aromatic carbocycles. The summed E-state index contributed by atoms with van der Waals surface area (Å²) in [6, 6.07) is 11.5. The van der Waals surface area contributed by atoms with Crippen LogP contribution in [-0.2, 0) is 6.18 Å². The van der Waals surface area contributed by atoms with Crippen molar-refractivity contribution in [2.75, 3.05) is 12.4 Å².